The molecule has 2 aromatic heterocycles. The van der Waals surface area contributed by atoms with Gasteiger partial charge in [0, 0.05) is 18.9 Å². The lowest BCUT2D eigenvalue weighted by Crippen LogP contribution is -2.31. The lowest BCUT2D eigenvalue weighted by molar-refractivity contribution is 0.0732. The van der Waals surface area contributed by atoms with E-state index in [0.29, 0.717) is 11.1 Å². The summed E-state index contributed by atoms with van der Waals surface area (Å²) >= 11 is 0. The third kappa shape index (κ3) is 2.34. The van der Waals surface area contributed by atoms with E-state index in [1.807, 2.05) is 47.4 Å². The van der Waals surface area contributed by atoms with Gasteiger partial charge in [-0.15, -0.1) is 0 Å². The van der Waals surface area contributed by atoms with Gasteiger partial charge in [-0.2, -0.15) is 0 Å². The van der Waals surface area contributed by atoms with Crippen molar-refractivity contribution in [1.29, 1.82) is 0 Å². The highest BCUT2D eigenvalue weighted by Gasteiger charge is 2.33. The molecular weight excluding hydrogens is 326 g/mol. The molecule has 0 bridgehead atoms. The van der Waals surface area contributed by atoms with Gasteiger partial charge in [0.15, 0.2) is 0 Å². The van der Waals surface area contributed by atoms with Gasteiger partial charge in [0.25, 0.3) is 5.91 Å². The Hall–Kier alpha value is -3.28. The minimum atomic E-state index is -0.0400. The van der Waals surface area contributed by atoms with Gasteiger partial charge in [0.1, 0.15) is 11.3 Å². The lowest BCUT2D eigenvalue weighted by atomic mass is 10.1. The topological polar surface area (TPSA) is 74.8 Å². The Labute approximate surface area is 149 Å². The predicted molar refractivity (Wildman–Crippen MR) is 98.6 cm³/mol. The van der Waals surface area contributed by atoms with Gasteiger partial charge in [-0.3, -0.25) is 14.8 Å². The first kappa shape index (κ1) is 15.0. The SMILES string of the molecule is O=C(c1cccc2nccnc12)N1CCC[C@@H]1c1nc2ccccc2[nH]1. The maximum absolute atomic E-state index is 13.3. The van der Waals surface area contributed by atoms with Crippen molar-refractivity contribution in [2.45, 2.75) is 18.9 Å². The number of nitrogens with one attached hydrogen (secondary N) is 1. The fourth-order valence-corrected chi connectivity index (χ4v) is 3.74. The summed E-state index contributed by atoms with van der Waals surface area (Å²) in [4.78, 5) is 31.9. The maximum atomic E-state index is 13.3. The van der Waals surface area contributed by atoms with Crippen LogP contribution < -0.4 is 0 Å². The van der Waals surface area contributed by atoms with Crippen LogP contribution in [0.15, 0.2) is 54.9 Å². The number of carbonyl (C=O) groups is 1. The van der Waals surface area contributed by atoms with Crippen molar-refractivity contribution in [3.05, 3.63) is 66.2 Å². The Morgan fingerprint density at radius 1 is 1.04 bits per heavy atom. The highest BCUT2D eigenvalue weighted by atomic mass is 16.2. The Kier molecular flexibility index (Phi) is 3.41. The number of likely N-dealkylation sites (tertiary alicyclic amines) is 1. The summed E-state index contributed by atoms with van der Waals surface area (Å²) in [6, 6.07) is 13.5. The molecule has 2 aromatic carbocycles. The molecule has 3 heterocycles. The smallest absolute Gasteiger partial charge is 0.256 e. The van der Waals surface area contributed by atoms with E-state index >= 15 is 0 Å². The van der Waals surface area contributed by atoms with Crippen molar-refractivity contribution >= 4 is 28.0 Å². The first-order chi connectivity index (χ1) is 12.8. The summed E-state index contributed by atoms with van der Waals surface area (Å²) in [7, 11) is 0. The van der Waals surface area contributed by atoms with E-state index in [2.05, 4.69) is 15.0 Å². The molecule has 0 aliphatic carbocycles. The number of amides is 1. The maximum Gasteiger partial charge on any atom is 0.256 e. The summed E-state index contributed by atoms with van der Waals surface area (Å²) in [5.74, 6) is 0.836. The normalized spacial score (nSPS) is 17.2. The van der Waals surface area contributed by atoms with Crippen LogP contribution in [0.2, 0.25) is 0 Å². The second kappa shape index (κ2) is 5.91. The number of H-pyrrole nitrogens is 1. The molecule has 1 aliphatic rings. The van der Waals surface area contributed by atoms with Crippen molar-refractivity contribution < 1.29 is 4.79 Å². The van der Waals surface area contributed by atoms with Gasteiger partial charge in [-0.05, 0) is 37.1 Å². The monoisotopic (exact) mass is 343 g/mol. The van der Waals surface area contributed by atoms with Crippen LogP contribution in [0, 0.1) is 0 Å². The van der Waals surface area contributed by atoms with Crippen molar-refractivity contribution in [3.8, 4) is 0 Å². The zero-order valence-electron chi connectivity index (χ0n) is 14.1. The van der Waals surface area contributed by atoms with Crippen molar-refractivity contribution in [2.75, 3.05) is 6.54 Å². The van der Waals surface area contributed by atoms with E-state index in [4.69, 9.17) is 4.98 Å². The summed E-state index contributed by atoms with van der Waals surface area (Å²) < 4.78 is 0. The molecule has 0 unspecified atom stereocenters. The number of aromatic amines is 1. The summed E-state index contributed by atoms with van der Waals surface area (Å²) in [6.45, 7) is 0.719. The first-order valence-electron chi connectivity index (χ1n) is 8.76. The zero-order valence-corrected chi connectivity index (χ0v) is 14.1. The van der Waals surface area contributed by atoms with Crippen molar-refractivity contribution in [3.63, 3.8) is 0 Å². The molecule has 5 rings (SSSR count). The van der Waals surface area contributed by atoms with Crippen LogP contribution in [0.5, 0.6) is 0 Å². The lowest BCUT2D eigenvalue weighted by Gasteiger charge is -2.23. The standard InChI is InChI=1S/C20H17N5O/c26-20(13-5-3-8-16-18(13)22-11-10-21-16)25-12-4-9-17(25)19-23-14-6-1-2-7-15(14)24-19/h1-3,5-8,10-11,17H,4,9,12H2,(H,23,24)/t17-/m1/s1. The molecule has 1 N–H and O–H groups in total. The summed E-state index contributed by atoms with van der Waals surface area (Å²) in [5.41, 5.74) is 3.90. The van der Waals surface area contributed by atoms with Gasteiger partial charge >= 0.3 is 0 Å². The number of hydrogen-bond acceptors (Lipinski definition) is 4. The van der Waals surface area contributed by atoms with Gasteiger partial charge in [-0.25, -0.2) is 4.98 Å². The minimum absolute atomic E-state index is 0.0148. The molecule has 0 radical (unpaired) electrons. The molecule has 6 heteroatoms. The summed E-state index contributed by atoms with van der Waals surface area (Å²) in [5, 5.41) is 0. The number of hydrogen-bond donors (Lipinski definition) is 1. The summed E-state index contributed by atoms with van der Waals surface area (Å²) in [6.07, 6.45) is 5.13. The fraction of sp³-hybridized carbons (Fsp3) is 0.200. The van der Waals surface area contributed by atoms with Gasteiger partial charge < -0.3 is 9.88 Å². The van der Waals surface area contributed by atoms with Crippen LogP contribution in [-0.4, -0.2) is 37.3 Å². The average Bonchev–Trinajstić information content (AvgIpc) is 3.33. The molecule has 1 amide bonds. The second-order valence-corrected chi connectivity index (χ2v) is 6.53. The Morgan fingerprint density at radius 2 is 1.88 bits per heavy atom. The zero-order chi connectivity index (χ0) is 17.5. The Balaban J connectivity index is 1.54. The largest absolute Gasteiger partial charge is 0.340 e. The van der Waals surface area contributed by atoms with E-state index < -0.39 is 0 Å². The molecule has 26 heavy (non-hydrogen) atoms. The molecule has 1 aliphatic heterocycles. The van der Waals surface area contributed by atoms with Gasteiger partial charge in [-0.1, -0.05) is 18.2 Å². The van der Waals surface area contributed by atoms with Gasteiger partial charge in [0.05, 0.1) is 28.2 Å². The van der Waals surface area contributed by atoms with Crippen LogP contribution >= 0.6 is 0 Å². The predicted octanol–water partition coefficient (Wildman–Crippen LogP) is 3.48. The van der Waals surface area contributed by atoms with E-state index in [9.17, 15) is 4.79 Å². The highest BCUT2D eigenvalue weighted by molar-refractivity contribution is 6.04. The number of nitrogens with zero attached hydrogens (tertiary/aromatic N) is 4. The van der Waals surface area contributed by atoms with E-state index in [0.717, 1.165) is 41.8 Å². The average molecular weight is 343 g/mol. The number of benzene rings is 2. The molecular formula is C20H17N5O. The molecule has 4 aromatic rings. The van der Waals surface area contributed by atoms with Crippen LogP contribution in [0.3, 0.4) is 0 Å². The number of aromatic nitrogens is 4. The van der Waals surface area contributed by atoms with E-state index in [-0.39, 0.29) is 11.9 Å². The number of para-hydroxylation sites is 3. The third-order valence-corrected chi connectivity index (χ3v) is 4.97. The van der Waals surface area contributed by atoms with E-state index in [1.165, 1.54) is 0 Å². The Bertz CT molecular complexity index is 1080. The molecule has 1 saturated heterocycles. The Morgan fingerprint density at radius 3 is 2.81 bits per heavy atom. The number of rotatable bonds is 2. The first-order valence-corrected chi connectivity index (χ1v) is 8.76. The van der Waals surface area contributed by atoms with Crippen LogP contribution in [0.25, 0.3) is 22.1 Å². The molecule has 0 spiro atoms. The quantitative estimate of drug-likeness (QED) is 0.605. The molecule has 1 fully saturated rings. The molecule has 1 atom stereocenters. The molecule has 6 nitrogen and oxygen atoms in total. The highest BCUT2D eigenvalue weighted by Crippen LogP contribution is 2.33. The van der Waals surface area contributed by atoms with Crippen molar-refractivity contribution in [1.82, 2.24) is 24.8 Å². The second-order valence-electron chi connectivity index (χ2n) is 6.53. The minimum Gasteiger partial charge on any atom is -0.340 e. The number of fused-ring (bicyclic) bond motifs is 2. The number of carbonyl (C=O) groups excluding carboxylic acids is 1. The van der Waals surface area contributed by atoms with Crippen LogP contribution in [-0.2, 0) is 0 Å². The van der Waals surface area contributed by atoms with Gasteiger partial charge in [0.2, 0.25) is 0 Å². The number of imidazole rings is 1. The van der Waals surface area contributed by atoms with E-state index in [1.54, 1.807) is 12.4 Å². The molecule has 0 saturated carbocycles. The van der Waals surface area contributed by atoms with Crippen LogP contribution in [0.4, 0.5) is 0 Å². The van der Waals surface area contributed by atoms with Crippen molar-refractivity contribution in [2.24, 2.45) is 0 Å². The fourth-order valence-electron chi connectivity index (χ4n) is 3.74. The van der Waals surface area contributed by atoms with Crippen LogP contribution in [0.1, 0.15) is 35.1 Å². The third-order valence-electron chi connectivity index (χ3n) is 4.97. The molecule has 128 valence electrons.